The Kier molecular flexibility index (Phi) is 6.15. The number of pyridine rings is 1. The smallest absolute Gasteiger partial charge is 0.294 e. The summed E-state index contributed by atoms with van der Waals surface area (Å²) in [4.78, 5) is 26.1. The molecule has 0 saturated heterocycles. The molecule has 0 bridgehead atoms. The van der Waals surface area contributed by atoms with Gasteiger partial charge in [0.05, 0.1) is 28.6 Å². The summed E-state index contributed by atoms with van der Waals surface area (Å²) >= 11 is 1.44. The Bertz CT molecular complexity index is 1510. The number of anilines is 3. The first-order valence-electron chi connectivity index (χ1n) is 11.2. The Balaban J connectivity index is 1.38. The molecule has 0 saturated carbocycles. The molecule has 1 amide bonds. The van der Waals surface area contributed by atoms with Gasteiger partial charge >= 0.3 is 0 Å². The van der Waals surface area contributed by atoms with Crippen molar-refractivity contribution in [3.63, 3.8) is 0 Å². The molecular formula is C26H24N6O2S. The Labute approximate surface area is 206 Å². The third-order valence-corrected chi connectivity index (χ3v) is 6.21. The van der Waals surface area contributed by atoms with Crippen LogP contribution >= 0.6 is 11.3 Å². The van der Waals surface area contributed by atoms with Crippen molar-refractivity contribution in [2.24, 2.45) is 0 Å². The Morgan fingerprint density at radius 2 is 1.86 bits per heavy atom. The van der Waals surface area contributed by atoms with Gasteiger partial charge in [0, 0.05) is 11.1 Å². The van der Waals surface area contributed by atoms with Gasteiger partial charge in [0.15, 0.2) is 0 Å². The predicted molar refractivity (Wildman–Crippen MR) is 141 cm³/mol. The molecule has 9 heteroatoms. The SMILES string of the molecule is CC(C)Oc1ccc(NCc2nc(NC(=O)c3nc(N)c4sccc4n3)cc3ccccc23)cc1. The molecule has 0 fully saturated rings. The normalized spacial score (nSPS) is 11.2. The van der Waals surface area contributed by atoms with Crippen molar-refractivity contribution in [2.45, 2.75) is 26.5 Å². The number of carbonyl (C=O) groups excluding carboxylic acids is 1. The number of nitrogens with zero attached hydrogens (tertiary/aromatic N) is 3. The van der Waals surface area contributed by atoms with Crippen LogP contribution in [0.15, 0.2) is 66.0 Å². The van der Waals surface area contributed by atoms with Gasteiger partial charge < -0.3 is 21.1 Å². The quantitative estimate of drug-likeness (QED) is 0.280. The van der Waals surface area contributed by atoms with E-state index >= 15 is 0 Å². The van der Waals surface area contributed by atoms with E-state index in [-0.39, 0.29) is 17.7 Å². The van der Waals surface area contributed by atoms with Crippen LogP contribution in [0, 0.1) is 0 Å². The van der Waals surface area contributed by atoms with E-state index in [9.17, 15) is 4.79 Å². The number of rotatable bonds is 7. The summed E-state index contributed by atoms with van der Waals surface area (Å²) in [6.45, 7) is 4.46. The van der Waals surface area contributed by atoms with E-state index in [0.29, 0.717) is 17.9 Å². The molecule has 5 aromatic rings. The summed E-state index contributed by atoms with van der Waals surface area (Å²) in [5.41, 5.74) is 8.39. The molecular weight excluding hydrogens is 460 g/mol. The van der Waals surface area contributed by atoms with E-state index in [0.717, 1.165) is 32.6 Å². The predicted octanol–water partition coefficient (Wildman–Crippen LogP) is 5.47. The molecule has 0 aliphatic heterocycles. The first kappa shape index (κ1) is 22.5. The van der Waals surface area contributed by atoms with Gasteiger partial charge in [-0.3, -0.25) is 4.79 Å². The van der Waals surface area contributed by atoms with E-state index < -0.39 is 5.91 Å². The van der Waals surface area contributed by atoms with Crippen molar-refractivity contribution in [2.75, 3.05) is 16.4 Å². The fraction of sp³-hybridized carbons (Fsp3) is 0.154. The molecule has 3 aromatic heterocycles. The molecule has 176 valence electrons. The molecule has 0 aliphatic rings. The fourth-order valence-corrected chi connectivity index (χ4v) is 4.47. The van der Waals surface area contributed by atoms with Crippen LogP contribution in [0.5, 0.6) is 5.75 Å². The summed E-state index contributed by atoms with van der Waals surface area (Å²) < 4.78 is 6.47. The Hall–Kier alpha value is -4.24. The topological polar surface area (TPSA) is 115 Å². The number of hydrogen-bond acceptors (Lipinski definition) is 8. The van der Waals surface area contributed by atoms with Crippen LogP contribution in [0.2, 0.25) is 0 Å². The number of thiophene rings is 1. The van der Waals surface area contributed by atoms with Gasteiger partial charge in [-0.25, -0.2) is 15.0 Å². The second-order valence-corrected chi connectivity index (χ2v) is 9.16. The van der Waals surface area contributed by atoms with Gasteiger partial charge in [0.1, 0.15) is 17.4 Å². The van der Waals surface area contributed by atoms with Gasteiger partial charge in [0.25, 0.3) is 5.91 Å². The van der Waals surface area contributed by atoms with Crippen LogP contribution in [0.4, 0.5) is 17.3 Å². The number of benzene rings is 2. The monoisotopic (exact) mass is 484 g/mol. The molecule has 8 nitrogen and oxygen atoms in total. The van der Waals surface area contributed by atoms with Gasteiger partial charge in [0.2, 0.25) is 5.82 Å². The van der Waals surface area contributed by atoms with Gasteiger partial charge in [-0.15, -0.1) is 11.3 Å². The van der Waals surface area contributed by atoms with Crippen LogP contribution < -0.4 is 21.1 Å². The molecule has 0 unspecified atom stereocenters. The highest BCUT2D eigenvalue weighted by Crippen LogP contribution is 2.25. The minimum atomic E-state index is -0.466. The van der Waals surface area contributed by atoms with Gasteiger partial charge in [-0.05, 0) is 61.0 Å². The van der Waals surface area contributed by atoms with Gasteiger partial charge in [-0.2, -0.15) is 0 Å². The van der Waals surface area contributed by atoms with E-state index in [4.69, 9.17) is 15.5 Å². The molecule has 0 spiro atoms. The number of nitrogens with two attached hydrogens (primary N) is 1. The van der Waals surface area contributed by atoms with Crippen molar-refractivity contribution in [1.29, 1.82) is 0 Å². The number of carbonyl (C=O) groups is 1. The number of ether oxygens (including phenoxy) is 1. The molecule has 5 rings (SSSR count). The zero-order valence-electron chi connectivity index (χ0n) is 19.3. The van der Waals surface area contributed by atoms with Crippen LogP contribution in [0.25, 0.3) is 21.0 Å². The molecule has 4 N–H and O–H groups in total. The van der Waals surface area contributed by atoms with Gasteiger partial charge in [-0.1, -0.05) is 24.3 Å². The second-order valence-electron chi connectivity index (χ2n) is 8.24. The lowest BCUT2D eigenvalue weighted by Gasteiger charge is -2.13. The highest BCUT2D eigenvalue weighted by atomic mass is 32.1. The average molecular weight is 485 g/mol. The van der Waals surface area contributed by atoms with Crippen molar-refractivity contribution >= 4 is 55.6 Å². The number of aromatic nitrogens is 3. The highest BCUT2D eigenvalue weighted by molar-refractivity contribution is 7.17. The molecule has 0 aliphatic carbocycles. The van der Waals surface area contributed by atoms with Crippen LogP contribution in [0.3, 0.4) is 0 Å². The molecule has 35 heavy (non-hydrogen) atoms. The first-order valence-corrected chi connectivity index (χ1v) is 12.1. The zero-order chi connectivity index (χ0) is 24.4. The third kappa shape index (κ3) is 4.99. The summed E-state index contributed by atoms with van der Waals surface area (Å²) in [5.74, 6) is 1.07. The Morgan fingerprint density at radius 3 is 2.66 bits per heavy atom. The van der Waals surface area contributed by atoms with Crippen LogP contribution in [-0.4, -0.2) is 27.0 Å². The standard InChI is InChI=1S/C26H24N6O2S/c1-15(2)34-18-9-7-17(8-10-18)28-14-21-19-6-4-3-5-16(19)13-22(29-21)31-26(33)25-30-20-11-12-35-23(20)24(27)32-25/h3-13,15,28H,14H2,1-2H3,(H2,27,30,32)(H,29,31,33). The summed E-state index contributed by atoms with van der Waals surface area (Å²) in [6, 6.07) is 19.4. The van der Waals surface area contributed by atoms with Crippen LogP contribution in [0.1, 0.15) is 30.2 Å². The number of fused-ring (bicyclic) bond motifs is 2. The van der Waals surface area contributed by atoms with Crippen molar-refractivity contribution in [3.05, 3.63) is 77.6 Å². The molecule has 3 heterocycles. The second kappa shape index (κ2) is 9.55. The first-order chi connectivity index (χ1) is 17.0. The van der Waals surface area contributed by atoms with Crippen molar-refractivity contribution in [1.82, 2.24) is 15.0 Å². The molecule has 0 radical (unpaired) electrons. The maximum atomic E-state index is 12.9. The van der Waals surface area contributed by atoms with E-state index in [1.807, 2.05) is 79.9 Å². The zero-order valence-corrected chi connectivity index (χ0v) is 20.1. The minimum Gasteiger partial charge on any atom is -0.491 e. The van der Waals surface area contributed by atoms with E-state index in [2.05, 4.69) is 20.6 Å². The maximum absolute atomic E-state index is 12.9. The summed E-state index contributed by atoms with van der Waals surface area (Å²) in [5, 5.41) is 10.1. The third-order valence-electron chi connectivity index (χ3n) is 5.28. The van der Waals surface area contributed by atoms with Crippen molar-refractivity contribution in [3.8, 4) is 5.75 Å². The lowest BCUT2D eigenvalue weighted by Crippen LogP contribution is -2.18. The maximum Gasteiger partial charge on any atom is 0.294 e. The fourth-order valence-electron chi connectivity index (χ4n) is 3.74. The number of nitrogens with one attached hydrogen (secondary N) is 2. The van der Waals surface area contributed by atoms with Crippen molar-refractivity contribution < 1.29 is 9.53 Å². The van der Waals surface area contributed by atoms with E-state index in [1.165, 1.54) is 11.3 Å². The average Bonchev–Trinajstić information content (AvgIpc) is 3.32. The molecule has 2 aromatic carbocycles. The molecule has 0 atom stereocenters. The summed E-state index contributed by atoms with van der Waals surface area (Å²) in [6.07, 6.45) is 0.122. The van der Waals surface area contributed by atoms with E-state index in [1.54, 1.807) is 0 Å². The highest BCUT2D eigenvalue weighted by Gasteiger charge is 2.15. The lowest BCUT2D eigenvalue weighted by molar-refractivity contribution is 0.101. The van der Waals surface area contributed by atoms with Crippen LogP contribution in [-0.2, 0) is 6.54 Å². The lowest BCUT2D eigenvalue weighted by atomic mass is 10.1. The summed E-state index contributed by atoms with van der Waals surface area (Å²) in [7, 11) is 0. The minimum absolute atomic E-state index is 0.00624. The number of hydrogen-bond donors (Lipinski definition) is 3. The largest absolute Gasteiger partial charge is 0.491 e. The number of nitrogen functional groups attached to an aromatic ring is 1. The number of amides is 1. The Morgan fingerprint density at radius 1 is 1.06 bits per heavy atom.